The van der Waals surface area contributed by atoms with E-state index in [2.05, 4.69) is 6.92 Å². The molecule has 1 aromatic carbocycles. The Balaban J connectivity index is 2.44. The smallest absolute Gasteiger partial charge is 0.126 e. The minimum Gasteiger partial charge on any atom is -0.207 e. The SMILES string of the molecule is CCCCC/C=C(\F)c1ccccc1. The van der Waals surface area contributed by atoms with Crippen molar-refractivity contribution in [1.82, 2.24) is 0 Å². The highest BCUT2D eigenvalue weighted by atomic mass is 19.1. The molecule has 0 saturated carbocycles. The highest BCUT2D eigenvalue weighted by Crippen LogP contribution is 2.16. The molecular formula is C13H17F. The van der Waals surface area contributed by atoms with Crippen molar-refractivity contribution in [1.29, 1.82) is 0 Å². The first-order valence-electron chi connectivity index (χ1n) is 5.25. The molecule has 0 saturated heterocycles. The van der Waals surface area contributed by atoms with E-state index in [1.54, 1.807) is 18.2 Å². The highest BCUT2D eigenvalue weighted by molar-refractivity contribution is 5.58. The molecule has 0 amide bonds. The summed E-state index contributed by atoms with van der Waals surface area (Å²) >= 11 is 0. The second kappa shape index (κ2) is 6.36. The Bertz CT molecular complexity index is 275. The van der Waals surface area contributed by atoms with E-state index in [0.717, 1.165) is 12.8 Å². The molecule has 0 nitrogen and oxygen atoms in total. The van der Waals surface area contributed by atoms with Crippen molar-refractivity contribution in [2.45, 2.75) is 32.6 Å². The molecule has 0 unspecified atom stereocenters. The van der Waals surface area contributed by atoms with Crippen LogP contribution >= 0.6 is 0 Å². The van der Waals surface area contributed by atoms with Gasteiger partial charge in [-0.25, -0.2) is 4.39 Å². The molecule has 1 rings (SSSR count). The summed E-state index contributed by atoms with van der Waals surface area (Å²) in [4.78, 5) is 0. The largest absolute Gasteiger partial charge is 0.207 e. The van der Waals surface area contributed by atoms with Crippen molar-refractivity contribution in [3.8, 4) is 0 Å². The zero-order chi connectivity index (χ0) is 10.2. The van der Waals surface area contributed by atoms with Gasteiger partial charge in [0.15, 0.2) is 0 Å². The number of allylic oxidation sites excluding steroid dienone is 1. The fraction of sp³-hybridized carbons (Fsp3) is 0.385. The van der Waals surface area contributed by atoms with Gasteiger partial charge in [-0.15, -0.1) is 0 Å². The molecule has 1 heteroatoms. The lowest BCUT2D eigenvalue weighted by Gasteiger charge is -1.97. The van der Waals surface area contributed by atoms with Gasteiger partial charge < -0.3 is 0 Å². The van der Waals surface area contributed by atoms with Crippen LogP contribution in [-0.2, 0) is 0 Å². The van der Waals surface area contributed by atoms with Gasteiger partial charge in [-0.2, -0.15) is 0 Å². The molecule has 0 N–H and O–H groups in total. The molecule has 0 heterocycles. The van der Waals surface area contributed by atoms with Crippen LogP contribution in [0.15, 0.2) is 36.4 Å². The summed E-state index contributed by atoms with van der Waals surface area (Å²) < 4.78 is 13.4. The Hall–Kier alpha value is -1.11. The normalized spacial score (nSPS) is 11.7. The molecule has 76 valence electrons. The van der Waals surface area contributed by atoms with Crippen molar-refractivity contribution in [3.63, 3.8) is 0 Å². The van der Waals surface area contributed by atoms with Crippen LogP contribution in [0.25, 0.3) is 5.83 Å². The summed E-state index contributed by atoms with van der Waals surface area (Å²) in [6.07, 6.45) is 5.97. The minimum atomic E-state index is -0.0956. The number of rotatable bonds is 5. The number of hydrogen-bond donors (Lipinski definition) is 0. The van der Waals surface area contributed by atoms with Gasteiger partial charge in [-0.1, -0.05) is 50.1 Å². The van der Waals surface area contributed by atoms with Gasteiger partial charge in [0.25, 0.3) is 0 Å². The molecule has 0 aliphatic carbocycles. The first kappa shape index (κ1) is 11.0. The van der Waals surface area contributed by atoms with Crippen LogP contribution in [0.2, 0.25) is 0 Å². The van der Waals surface area contributed by atoms with Crippen LogP contribution in [0.5, 0.6) is 0 Å². The van der Waals surface area contributed by atoms with Gasteiger partial charge in [0.05, 0.1) is 0 Å². The standard InChI is InChI=1S/C13H17F/c1-2-3-4-8-11-13(14)12-9-6-5-7-10-12/h5-7,9-11H,2-4,8H2,1H3/b13-11-. The zero-order valence-corrected chi connectivity index (χ0v) is 8.67. The molecule has 0 bridgehead atoms. The van der Waals surface area contributed by atoms with Crippen molar-refractivity contribution >= 4 is 5.83 Å². The molecule has 0 aliphatic heterocycles. The maximum atomic E-state index is 13.4. The van der Waals surface area contributed by atoms with E-state index in [1.165, 1.54) is 12.8 Å². The molecule has 0 atom stereocenters. The van der Waals surface area contributed by atoms with Crippen LogP contribution in [0.4, 0.5) is 4.39 Å². The van der Waals surface area contributed by atoms with Gasteiger partial charge >= 0.3 is 0 Å². The summed E-state index contributed by atoms with van der Waals surface area (Å²) in [5.41, 5.74) is 0.684. The number of halogens is 1. The zero-order valence-electron chi connectivity index (χ0n) is 8.67. The van der Waals surface area contributed by atoms with E-state index >= 15 is 0 Å². The van der Waals surface area contributed by atoms with Crippen LogP contribution in [0.3, 0.4) is 0 Å². The molecule has 0 aromatic heterocycles. The molecule has 0 fully saturated rings. The molecule has 0 radical (unpaired) electrons. The van der Waals surface area contributed by atoms with Gasteiger partial charge in [0, 0.05) is 5.56 Å². The summed E-state index contributed by atoms with van der Waals surface area (Å²) in [7, 11) is 0. The average Bonchev–Trinajstić information content (AvgIpc) is 2.25. The van der Waals surface area contributed by atoms with Crippen molar-refractivity contribution < 1.29 is 4.39 Å². The maximum absolute atomic E-state index is 13.4. The fourth-order valence-corrected chi connectivity index (χ4v) is 1.34. The number of hydrogen-bond acceptors (Lipinski definition) is 0. The van der Waals surface area contributed by atoms with Crippen molar-refractivity contribution in [3.05, 3.63) is 42.0 Å². The van der Waals surface area contributed by atoms with E-state index in [-0.39, 0.29) is 5.83 Å². The third kappa shape index (κ3) is 3.73. The molecular weight excluding hydrogens is 175 g/mol. The number of unbranched alkanes of at least 4 members (excludes halogenated alkanes) is 3. The van der Waals surface area contributed by atoms with E-state index in [4.69, 9.17) is 0 Å². The van der Waals surface area contributed by atoms with Crippen LogP contribution < -0.4 is 0 Å². The van der Waals surface area contributed by atoms with Gasteiger partial charge in [-0.3, -0.25) is 0 Å². The van der Waals surface area contributed by atoms with Crippen molar-refractivity contribution in [2.24, 2.45) is 0 Å². The Labute approximate surface area is 85.5 Å². The summed E-state index contributed by atoms with van der Waals surface area (Å²) in [5, 5.41) is 0. The van der Waals surface area contributed by atoms with Crippen molar-refractivity contribution in [2.75, 3.05) is 0 Å². The maximum Gasteiger partial charge on any atom is 0.126 e. The van der Waals surface area contributed by atoms with Gasteiger partial charge in [-0.05, 0) is 18.9 Å². The Morgan fingerprint density at radius 1 is 1.21 bits per heavy atom. The van der Waals surface area contributed by atoms with Gasteiger partial charge in [0.1, 0.15) is 5.83 Å². The monoisotopic (exact) mass is 192 g/mol. The first-order valence-corrected chi connectivity index (χ1v) is 5.25. The highest BCUT2D eigenvalue weighted by Gasteiger charge is 1.96. The molecule has 1 aromatic rings. The lowest BCUT2D eigenvalue weighted by molar-refractivity contribution is 0.712. The molecule has 0 spiro atoms. The van der Waals surface area contributed by atoms with E-state index in [1.807, 2.05) is 18.2 Å². The summed E-state index contributed by atoms with van der Waals surface area (Å²) in [6.45, 7) is 2.15. The molecule has 14 heavy (non-hydrogen) atoms. The lowest BCUT2D eigenvalue weighted by atomic mass is 10.1. The van der Waals surface area contributed by atoms with Crippen LogP contribution in [0, 0.1) is 0 Å². The minimum absolute atomic E-state index is 0.0956. The van der Waals surface area contributed by atoms with E-state index in [0.29, 0.717) is 5.56 Å². The van der Waals surface area contributed by atoms with Crippen LogP contribution in [0.1, 0.15) is 38.2 Å². The Morgan fingerprint density at radius 3 is 2.57 bits per heavy atom. The van der Waals surface area contributed by atoms with Gasteiger partial charge in [0.2, 0.25) is 0 Å². The lowest BCUT2D eigenvalue weighted by Crippen LogP contribution is -1.77. The topological polar surface area (TPSA) is 0 Å². The van der Waals surface area contributed by atoms with E-state index < -0.39 is 0 Å². The predicted molar refractivity (Wildman–Crippen MR) is 59.7 cm³/mol. The summed E-state index contributed by atoms with van der Waals surface area (Å²) in [5.74, 6) is -0.0956. The third-order valence-electron chi connectivity index (χ3n) is 2.18. The average molecular weight is 192 g/mol. The Kier molecular flexibility index (Phi) is 4.98. The third-order valence-corrected chi connectivity index (χ3v) is 2.18. The second-order valence-corrected chi connectivity index (χ2v) is 3.41. The second-order valence-electron chi connectivity index (χ2n) is 3.41. The first-order chi connectivity index (χ1) is 6.84. The van der Waals surface area contributed by atoms with E-state index in [9.17, 15) is 4.39 Å². The summed E-state index contributed by atoms with van der Waals surface area (Å²) in [6, 6.07) is 9.20. The number of benzene rings is 1. The quantitative estimate of drug-likeness (QED) is 0.599. The molecule has 0 aliphatic rings. The predicted octanol–water partition coefficient (Wildman–Crippen LogP) is 4.58. The fourth-order valence-electron chi connectivity index (χ4n) is 1.34. The Morgan fingerprint density at radius 2 is 1.93 bits per heavy atom. The van der Waals surface area contributed by atoms with Crippen LogP contribution in [-0.4, -0.2) is 0 Å².